The first-order chi connectivity index (χ1) is 14.9. The minimum atomic E-state index is -2.34. The van der Waals surface area contributed by atoms with Gasteiger partial charge in [0, 0.05) is 16.8 Å². The molecule has 1 atom stereocenters. The summed E-state index contributed by atoms with van der Waals surface area (Å²) in [5.41, 5.74) is -0.671. The molecular formula is C22H15Cl2FN2O4. The van der Waals surface area contributed by atoms with Gasteiger partial charge in [0.15, 0.2) is 6.86 Å². The van der Waals surface area contributed by atoms with E-state index < -0.39 is 24.5 Å². The van der Waals surface area contributed by atoms with E-state index in [4.69, 9.17) is 27.9 Å². The monoisotopic (exact) mass is 460 g/mol. The second-order valence-corrected chi connectivity index (χ2v) is 7.67. The van der Waals surface area contributed by atoms with Gasteiger partial charge in [-0.05, 0) is 35.4 Å². The van der Waals surface area contributed by atoms with E-state index in [2.05, 4.69) is 4.98 Å². The molecule has 1 aliphatic rings. The Kier molecular flexibility index (Phi) is 5.66. The number of carboxylic acid groups (broad SMARTS) is 1. The number of fused-ring (bicyclic) bond motifs is 1. The van der Waals surface area contributed by atoms with Gasteiger partial charge < -0.3 is 9.84 Å². The van der Waals surface area contributed by atoms with Crippen LogP contribution >= 0.6 is 23.2 Å². The lowest BCUT2D eigenvalue weighted by atomic mass is 9.93. The molecule has 0 saturated carbocycles. The van der Waals surface area contributed by atoms with Gasteiger partial charge in [0.2, 0.25) is 0 Å². The molecule has 1 N–H and O–H groups in total. The summed E-state index contributed by atoms with van der Waals surface area (Å²) < 4.78 is 18.6. The Morgan fingerprint density at radius 3 is 2.42 bits per heavy atom. The van der Waals surface area contributed by atoms with Crippen LogP contribution in [0, 0.1) is 0 Å². The van der Waals surface area contributed by atoms with Crippen molar-refractivity contribution >= 4 is 35.1 Å². The molecule has 0 fully saturated rings. The number of carboxylic acids is 1. The van der Waals surface area contributed by atoms with Crippen LogP contribution in [0.4, 0.5) is 4.39 Å². The molecule has 3 aromatic rings. The molecule has 31 heavy (non-hydrogen) atoms. The molecule has 1 amide bonds. The van der Waals surface area contributed by atoms with E-state index in [0.717, 1.165) is 4.90 Å². The van der Waals surface area contributed by atoms with Crippen molar-refractivity contribution in [3.05, 3.63) is 87.7 Å². The smallest absolute Gasteiger partial charge is 0.362 e. The Balaban J connectivity index is 1.90. The number of ether oxygens (including phenoxy) is 1. The highest BCUT2D eigenvalue weighted by atomic mass is 35.5. The number of carbonyl (C=O) groups is 2. The van der Waals surface area contributed by atoms with Crippen LogP contribution in [-0.2, 0) is 21.8 Å². The molecule has 2 heterocycles. The quantitative estimate of drug-likeness (QED) is 0.566. The van der Waals surface area contributed by atoms with Crippen LogP contribution in [0.1, 0.15) is 21.6 Å². The summed E-state index contributed by atoms with van der Waals surface area (Å²) in [5, 5.41) is 11.0. The van der Waals surface area contributed by atoms with Crippen molar-refractivity contribution in [2.24, 2.45) is 0 Å². The zero-order valence-corrected chi connectivity index (χ0v) is 17.4. The fraction of sp³-hybridized carbons (Fsp3) is 0.136. The third kappa shape index (κ3) is 3.54. The van der Waals surface area contributed by atoms with E-state index in [1.807, 2.05) is 0 Å². The van der Waals surface area contributed by atoms with Gasteiger partial charge in [0.05, 0.1) is 22.8 Å². The molecule has 4 rings (SSSR count). The summed E-state index contributed by atoms with van der Waals surface area (Å²) in [4.78, 5) is 31.0. The van der Waals surface area contributed by atoms with Crippen LogP contribution in [0.15, 0.2) is 60.8 Å². The Hall–Kier alpha value is -3.00. The van der Waals surface area contributed by atoms with Crippen molar-refractivity contribution in [1.82, 2.24) is 9.88 Å². The number of pyridine rings is 1. The third-order valence-corrected chi connectivity index (χ3v) is 5.56. The zero-order chi connectivity index (χ0) is 22.2. The fourth-order valence-corrected chi connectivity index (χ4v) is 3.97. The topological polar surface area (TPSA) is 79.7 Å². The average molecular weight is 461 g/mol. The largest absolute Gasteiger partial charge is 0.477 e. The zero-order valence-electron chi connectivity index (χ0n) is 15.9. The number of hydrogen-bond acceptors (Lipinski definition) is 4. The molecule has 0 unspecified atom stereocenters. The normalized spacial score (nSPS) is 17.6. The number of amides is 1. The minimum Gasteiger partial charge on any atom is -0.477 e. The lowest BCUT2D eigenvalue weighted by Gasteiger charge is -2.33. The molecule has 158 valence electrons. The van der Waals surface area contributed by atoms with Gasteiger partial charge in [0.1, 0.15) is 0 Å². The van der Waals surface area contributed by atoms with Gasteiger partial charge in [-0.3, -0.25) is 14.7 Å². The summed E-state index contributed by atoms with van der Waals surface area (Å²) in [6.07, 6.45) is 1.38. The number of benzene rings is 2. The lowest BCUT2D eigenvalue weighted by Crippen LogP contribution is -2.51. The van der Waals surface area contributed by atoms with Crippen molar-refractivity contribution < 1.29 is 23.8 Å². The Bertz CT molecular complexity index is 1160. The minimum absolute atomic E-state index is 0.0454. The molecule has 0 radical (unpaired) electrons. The molecular weight excluding hydrogens is 446 g/mol. The summed E-state index contributed by atoms with van der Waals surface area (Å²) in [6, 6.07) is 14.6. The van der Waals surface area contributed by atoms with E-state index in [0.29, 0.717) is 26.9 Å². The molecule has 0 aliphatic carbocycles. The van der Waals surface area contributed by atoms with Crippen LogP contribution in [0.5, 0.6) is 0 Å². The van der Waals surface area contributed by atoms with Crippen molar-refractivity contribution in [1.29, 1.82) is 0 Å². The molecule has 6 nitrogen and oxygen atoms in total. The maximum atomic E-state index is 13.5. The molecule has 0 spiro atoms. The van der Waals surface area contributed by atoms with Gasteiger partial charge in [-0.2, -0.15) is 0 Å². The van der Waals surface area contributed by atoms with Crippen molar-refractivity contribution in [2.45, 2.75) is 12.3 Å². The van der Waals surface area contributed by atoms with Gasteiger partial charge in [-0.15, -0.1) is 0 Å². The Labute approximate surface area is 186 Å². The van der Waals surface area contributed by atoms with Crippen LogP contribution in [0.3, 0.4) is 0 Å². The Morgan fingerprint density at radius 1 is 1.10 bits per heavy atom. The summed E-state index contributed by atoms with van der Waals surface area (Å²) >= 11 is 11.8. The number of carbonyl (C=O) groups excluding carboxylic acids is 1. The number of alkyl halides is 1. The van der Waals surface area contributed by atoms with E-state index in [-0.39, 0.29) is 17.7 Å². The number of aliphatic carboxylic acids is 1. The number of hydrogen-bond donors (Lipinski definition) is 1. The van der Waals surface area contributed by atoms with Crippen LogP contribution < -0.4 is 0 Å². The SMILES string of the molecule is O=C1c2c(-c3ccc(Cl)cc3)cccc2[C@@](OCF)(C(=O)O)N1Cc1ccc(Cl)cn1. The van der Waals surface area contributed by atoms with Crippen molar-refractivity contribution in [3.63, 3.8) is 0 Å². The van der Waals surface area contributed by atoms with E-state index in [1.165, 1.54) is 12.3 Å². The molecule has 1 aliphatic heterocycles. The predicted molar refractivity (Wildman–Crippen MR) is 112 cm³/mol. The second-order valence-electron chi connectivity index (χ2n) is 6.80. The molecule has 0 bridgehead atoms. The molecule has 9 heteroatoms. The first-order valence-electron chi connectivity index (χ1n) is 9.13. The first-order valence-corrected chi connectivity index (χ1v) is 9.89. The second kappa shape index (κ2) is 8.26. The van der Waals surface area contributed by atoms with Gasteiger partial charge in [0.25, 0.3) is 11.6 Å². The van der Waals surface area contributed by atoms with Gasteiger partial charge >= 0.3 is 5.97 Å². The summed E-state index contributed by atoms with van der Waals surface area (Å²) in [5.74, 6) is -2.13. The predicted octanol–water partition coefficient (Wildman–Crippen LogP) is 4.89. The maximum absolute atomic E-state index is 13.5. The van der Waals surface area contributed by atoms with Crippen LogP contribution in [0.25, 0.3) is 11.1 Å². The van der Waals surface area contributed by atoms with Crippen LogP contribution in [0.2, 0.25) is 10.0 Å². The van der Waals surface area contributed by atoms with E-state index >= 15 is 0 Å². The highest BCUT2D eigenvalue weighted by molar-refractivity contribution is 6.30. The first kappa shape index (κ1) is 21.2. The number of nitrogens with zero attached hydrogens (tertiary/aromatic N) is 2. The van der Waals surface area contributed by atoms with Crippen LogP contribution in [-0.4, -0.2) is 33.7 Å². The van der Waals surface area contributed by atoms with Crippen molar-refractivity contribution in [3.8, 4) is 11.1 Å². The summed E-state index contributed by atoms with van der Waals surface area (Å²) in [7, 11) is 0. The highest BCUT2D eigenvalue weighted by Gasteiger charge is 2.58. The van der Waals surface area contributed by atoms with E-state index in [1.54, 1.807) is 48.5 Å². The van der Waals surface area contributed by atoms with Gasteiger partial charge in [-0.1, -0.05) is 53.5 Å². The molecule has 0 saturated heterocycles. The Morgan fingerprint density at radius 2 is 1.81 bits per heavy atom. The molecule has 1 aromatic heterocycles. The summed E-state index contributed by atoms with van der Waals surface area (Å²) in [6.45, 7) is -1.63. The highest BCUT2D eigenvalue weighted by Crippen LogP contribution is 2.45. The lowest BCUT2D eigenvalue weighted by molar-refractivity contribution is -0.203. The maximum Gasteiger partial charge on any atom is 0.362 e. The van der Waals surface area contributed by atoms with E-state index in [9.17, 15) is 19.1 Å². The van der Waals surface area contributed by atoms with Crippen molar-refractivity contribution in [2.75, 3.05) is 6.86 Å². The fourth-order valence-electron chi connectivity index (χ4n) is 3.73. The van der Waals surface area contributed by atoms with Gasteiger partial charge in [-0.25, -0.2) is 9.18 Å². The molecule has 2 aromatic carbocycles. The third-order valence-electron chi connectivity index (χ3n) is 5.09. The average Bonchev–Trinajstić information content (AvgIpc) is 3.00. The number of halogens is 3. The number of aromatic nitrogens is 1. The standard InChI is InChI=1S/C22H15Cl2FN2O4/c23-14-6-4-13(5-7-14)17-2-1-3-18-19(17)20(28)27(22(18,21(29)30)31-12-25)11-16-9-8-15(24)10-26-16/h1-10H,11-12H2,(H,29,30)/t22-/m1/s1. The number of rotatable bonds is 6.